The summed E-state index contributed by atoms with van der Waals surface area (Å²) in [7, 11) is 3.00. The van der Waals surface area contributed by atoms with Crippen molar-refractivity contribution in [2.24, 2.45) is 0 Å². The topological polar surface area (TPSA) is 93.0 Å². The first-order valence-corrected chi connectivity index (χ1v) is 10.7. The summed E-state index contributed by atoms with van der Waals surface area (Å²) in [6.45, 7) is 4.88. The van der Waals surface area contributed by atoms with Crippen LogP contribution < -0.4 is 20.1 Å². The van der Waals surface area contributed by atoms with Crippen LogP contribution in [0.3, 0.4) is 0 Å². The lowest BCUT2D eigenvalue weighted by atomic mass is 10.0. The van der Waals surface area contributed by atoms with Crippen LogP contribution in [0.4, 0.5) is 5.69 Å². The number of piperidine rings is 1. The fraction of sp³-hybridized carbons (Fsp3) is 0.478. The van der Waals surface area contributed by atoms with E-state index in [1.807, 2.05) is 0 Å². The van der Waals surface area contributed by atoms with Crippen molar-refractivity contribution in [3.8, 4) is 11.5 Å². The number of carbonyl (C=O) groups excluding carboxylic acids is 2. The Hall–Kier alpha value is -3.00. The maximum absolute atomic E-state index is 12.9. The van der Waals surface area contributed by atoms with Crippen molar-refractivity contribution >= 4 is 17.5 Å². The van der Waals surface area contributed by atoms with E-state index in [-0.39, 0.29) is 11.7 Å². The van der Waals surface area contributed by atoms with E-state index < -0.39 is 5.91 Å². The zero-order chi connectivity index (χ0) is 22.2. The van der Waals surface area contributed by atoms with Gasteiger partial charge in [-0.2, -0.15) is 0 Å². The number of nitrogens with one attached hydrogen (secondary N) is 2. The summed E-state index contributed by atoms with van der Waals surface area (Å²) in [6.07, 6.45) is 6.04. The molecule has 2 amide bonds. The molecule has 0 radical (unpaired) electrons. The quantitative estimate of drug-likeness (QED) is 0.592. The van der Waals surface area contributed by atoms with Gasteiger partial charge < -0.3 is 29.4 Å². The molecule has 0 unspecified atom stereocenters. The van der Waals surface area contributed by atoms with Crippen LogP contribution in [-0.4, -0.2) is 56.6 Å². The maximum atomic E-state index is 12.9. The Morgan fingerprint density at radius 2 is 1.94 bits per heavy atom. The Kier molecular flexibility index (Phi) is 7.94. The molecule has 0 bridgehead atoms. The van der Waals surface area contributed by atoms with Crippen molar-refractivity contribution < 1.29 is 23.5 Å². The number of furan rings is 1. The maximum Gasteiger partial charge on any atom is 0.291 e. The van der Waals surface area contributed by atoms with Gasteiger partial charge in [0, 0.05) is 25.2 Å². The van der Waals surface area contributed by atoms with Crippen LogP contribution in [0.2, 0.25) is 0 Å². The van der Waals surface area contributed by atoms with Crippen LogP contribution in [0.5, 0.6) is 11.5 Å². The Morgan fingerprint density at radius 1 is 1.16 bits per heavy atom. The normalized spacial score (nSPS) is 16.5. The molecule has 31 heavy (non-hydrogen) atoms. The molecule has 1 aliphatic rings. The van der Waals surface area contributed by atoms with E-state index in [0.29, 0.717) is 35.3 Å². The monoisotopic (exact) mass is 429 g/mol. The van der Waals surface area contributed by atoms with Crippen molar-refractivity contribution in [3.63, 3.8) is 0 Å². The fourth-order valence-electron chi connectivity index (χ4n) is 3.83. The molecule has 8 heteroatoms. The number of rotatable bonds is 9. The largest absolute Gasteiger partial charge is 0.493 e. The van der Waals surface area contributed by atoms with E-state index in [1.165, 1.54) is 39.7 Å². The minimum Gasteiger partial charge on any atom is -0.493 e. The van der Waals surface area contributed by atoms with Gasteiger partial charge >= 0.3 is 0 Å². The summed E-state index contributed by atoms with van der Waals surface area (Å²) in [5.74, 6) is 0.225. The molecule has 8 nitrogen and oxygen atoms in total. The van der Waals surface area contributed by atoms with Crippen molar-refractivity contribution in [2.75, 3.05) is 39.2 Å². The third-order valence-electron chi connectivity index (χ3n) is 5.61. The molecule has 0 saturated carbocycles. The van der Waals surface area contributed by atoms with Crippen molar-refractivity contribution in [1.29, 1.82) is 0 Å². The van der Waals surface area contributed by atoms with Crippen molar-refractivity contribution in [1.82, 2.24) is 10.2 Å². The Bertz CT molecular complexity index is 882. The number of methoxy groups -OCH3 is 2. The summed E-state index contributed by atoms with van der Waals surface area (Å²) in [6, 6.07) is 6.92. The molecule has 1 aliphatic heterocycles. The zero-order valence-corrected chi connectivity index (χ0v) is 18.4. The average Bonchev–Trinajstić information content (AvgIpc) is 3.32. The molecule has 1 aromatic heterocycles. The molecular formula is C23H31N3O5. The standard InChI is InChI=1S/C23H31N3O5/c1-16-8-4-5-11-26(16)12-7-10-24-22(27)17-14-20(29-2)21(30-3)15-18(17)25-23(28)19-9-6-13-31-19/h6,9,13-16H,4-5,7-8,10-12H2,1-3H3,(H,24,27)(H,25,28)/t16-/m0/s1. The first-order valence-electron chi connectivity index (χ1n) is 10.7. The molecule has 1 fully saturated rings. The molecule has 0 aliphatic carbocycles. The number of ether oxygens (including phenoxy) is 2. The second kappa shape index (κ2) is 10.9. The third kappa shape index (κ3) is 5.79. The van der Waals surface area contributed by atoms with Crippen LogP contribution in [0.1, 0.15) is 53.5 Å². The van der Waals surface area contributed by atoms with Gasteiger partial charge in [-0.1, -0.05) is 6.42 Å². The molecule has 168 valence electrons. The molecule has 1 atom stereocenters. The fourth-order valence-corrected chi connectivity index (χ4v) is 3.83. The lowest BCUT2D eigenvalue weighted by molar-refractivity contribution is 0.0949. The molecule has 2 aromatic rings. The highest BCUT2D eigenvalue weighted by molar-refractivity contribution is 6.08. The van der Waals surface area contributed by atoms with Gasteiger partial charge in [0.1, 0.15) is 0 Å². The van der Waals surface area contributed by atoms with Crippen molar-refractivity contribution in [2.45, 2.75) is 38.6 Å². The molecule has 3 rings (SSSR count). The summed E-state index contributed by atoms with van der Waals surface area (Å²) in [4.78, 5) is 27.9. The van der Waals surface area contributed by atoms with E-state index >= 15 is 0 Å². The number of benzene rings is 1. The average molecular weight is 430 g/mol. The van der Waals surface area contributed by atoms with Crippen LogP contribution in [-0.2, 0) is 0 Å². The first kappa shape index (κ1) is 22.7. The Labute approximate surface area is 182 Å². The number of amides is 2. The predicted octanol–water partition coefficient (Wildman–Crippen LogP) is 3.54. The molecule has 0 spiro atoms. The van der Waals surface area contributed by atoms with Gasteiger partial charge in [0.25, 0.3) is 11.8 Å². The van der Waals surface area contributed by atoms with Crippen LogP contribution in [0.25, 0.3) is 0 Å². The van der Waals surface area contributed by atoms with Gasteiger partial charge in [-0.05, 0) is 50.9 Å². The summed E-state index contributed by atoms with van der Waals surface area (Å²) in [5, 5.41) is 5.68. The number of hydrogen-bond acceptors (Lipinski definition) is 6. The van der Waals surface area contributed by atoms with E-state index in [0.717, 1.165) is 19.5 Å². The van der Waals surface area contributed by atoms with Gasteiger partial charge in [0.05, 0.1) is 31.7 Å². The second-order valence-corrected chi connectivity index (χ2v) is 7.67. The van der Waals surface area contributed by atoms with Crippen molar-refractivity contribution in [3.05, 3.63) is 41.9 Å². The lowest BCUT2D eigenvalue weighted by Gasteiger charge is -2.33. The number of likely N-dealkylation sites (tertiary alicyclic amines) is 1. The number of anilines is 1. The number of nitrogens with zero attached hydrogens (tertiary/aromatic N) is 1. The van der Waals surface area contributed by atoms with Gasteiger partial charge in [-0.25, -0.2) is 0 Å². The van der Waals surface area contributed by atoms with Gasteiger partial charge in [-0.3, -0.25) is 9.59 Å². The van der Waals surface area contributed by atoms with E-state index in [2.05, 4.69) is 22.5 Å². The molecular weight excluding hydrogens is 398 g/mol. The molecule has 1 saturated heterocycles. The Balaban J connectivity index is 1.68. The highest BCUT2D eigenvalue weighted by atomic mass is 16.5. The van der Waals surface area contributed by atoms with Gasteiger partial charge in [0.15, 0.2) is 17.3 Å². The third-order valence-corrected chi connectivity index (χ3v) is 5.61. The SMILES string of the molecule is COc1cc(NC(=O)c2ccco2)c(C(=O)NCCCN2CCCC[C@@H]2C)cc1OC. The van der Waals surface area contributed by atoms with Crippen LogP contribution in [0.15, 0.2) is 34.9 Å². The summed E-state index contributed by atoms with van der Waals surface area (Å²) < 4.78 is 15.8. The zero-order valence-electron chi connectivity index (χ0n) is 18.4. The second-order valence-electron chi connectivity index (χ2n) is 7.67. The van der Waals surface area contributed by atoms with Gasteiger partial charge in [-0.15, -0.1) is 0 Å². The minimum atomic E-state index is -0.453. The number of hydrogen-bond donors (Lipinski definition) is 2. The molecule has 1 aromatic carbocycles. The summed E-state index contributed by atoms with van der Waals surface area (Å²) in [5.41, 5.74) is 0.616. The Morgan fingerprint density at radius 3 is 2.61 bits per heavy atom. The smallest absolute Gasteiger partial charge is 0.291 e. The lowest BCUT2D eigenvalue weighted by Crippen LogP contribution is -2.39. The molecule has 2 heterocycles. The highest BCUT2D eigenvalue weighted by Crippen LogP contribution is 2.33. The van der Waals surface area contributed by atoms with E-state index in [9.17, 15) is 9.59 Å². The minimum absolute atomic E-state index is 0.150. The van der Waals surface area contributed by atoms with E-state index in [1.54, 1.807) is 24.3 Å². The van der Waals surface area contributed by atoms with Crippen LogP contribution >= 0.6 is 0 Å². The number of carbonyl (C=O) groups is 2. The first-order chi connectivity index (χ1) is 15.0. The van der Waals surface area contributed by atoms with E-state index in [4.69, 9.17) is 13.9 Å². The summed E-state index contributed by atoms with van der Waals surface area (Å²) >= 11 is 0. The predicted molar refractivity (Wildman–Crippen MR) is 118 cm³/mol. The highest BCUT2D eigenvalue weighted by Gasteiger charge is 2.21. The van der Waals surface area contributed by atoms with Crippen LogP contribution in [0, 0.1) is 0 Å². The van der Waals surface area contributed by atoms with Gasteiger partial charge in [0.2, 0.25) is 0 Å². The molecule has 2 N–H and O–H groups in total.